The lowest BCUT2D eigenvalue weighted by atomic mass is 9.93. The number of nitrogens with zero attached hydrogens (tertiary/aromatic N) is 1. The SMILES string of the molecule is CC(C)(C)OC(=O)N1CCC2CC(=O)NC2C1. The zero-order valence-electron chi connectivity index (χ0n) is 10.7. The van der Waals surface area contributed by atoms with Crippen LogP contribution >= 0.6 is 0 Å². The summed E-state index contributed by atoms with van der Waals surface area (Å²) in [6.45, 7) is 6.83. The van der Waals surface area contributed by atoms with Crippen LogP contribution in [0.4, 0.5) is 4.79 Å². The van der Waals surface area contributed by atoms with Gasteiger partial charge in [-0.1, -0.05) is 0 Å². The van der Waals surface area contributed by atoms with Gasteiger partial charge in [-0.2, -0.15) is 0 Å². The quantitative estimate of drug-likeness (QED) is 0.690. The Kier molecular flexibility index (Phi) is 3.02. The van der Waals surface area contributed by atoms with Gasteiger partial charge in [0, 0.05) is 25.6 Å². The van der Waals surface area contributed by atoms with Gasteiger partial charge in [0.05, 0.1) is 0 Å². The zero-order chi connectivity index (χ0) is 12.6. The molecule has 0 bridgehead atoms. The smallest absolute Gasteiger partial charge is 0.410 e. The first kappa shape index (κ1) is 12.2. The van der Waals surface area contributed by atoms with Crippen LogP contribution in [-0.4, -0.2) is 41.6 Å². The van der Waals surface area contributed by atoms with E-state index in [1.165, 1.54) is 0 Å². The van der Waals surface area contributed by atoms with E-state index in [0.717, 1.165) is 6.42 Å². The minimum Gasteiger partial charge on any atom is -0.444 e. The van der Waals surface area contributed by atoms with Gasteiger partial charge in [-0.3, -0.25) is 4.79 Å². The van der Waals surface area contributed by atoms with Crippen LogP contribution in [-0.2, 0) is 9.53 Å². The summed E-state index contributed by atoms with van der Waals surface area (Å²) in [7, 11) is 0. The summed E-state index contributed by atoms with van der Waals surface area (Å²) >= 11 is 0. The molecule has 0 aromatic heterocycles. The van der Waals surface area contributed by atoms with E-state index in [-0.39, 0.29) is 18.0 Å². The highest BCUT2D eigenvalue weighted by atomic mass is 16.6. The van der Waals surface area contributed by atoms with Crippen LogP contribution in [0.15, 0.2) is 0 Å². The van der Waals surface area contributed by atoms with E-state index in [2.05, 4.69) is 5.32 Å². The maximum Gasteiger partial charge on any atom is 0.410 e. The number of hydrogen-bond donors (Lipinski definition) is 1. The predicted octanol–water partition coefficient (Wildman–Crippen LogP) is 1.13. The monoisotopic (exact) mass is 240 g/mol. The molecule has 1 N–H and O–H groups in total. The number of rotatable bonds is 0. The molecule has 2 saturated heterocycles. The normalized spacial score (nSPS) is 28.6. The fourth-order valence-corrected chi connectivity index (χ4v) is 2.40. The maximum absolute atomic E-state index is 11.9. The molecule has 0 radical (unpaired) electrons. The molecule has 0 saturated carbocycles. The number of hydrogen-bond acceptors (Lipinski definition) is 3. The third-order valence-electron chi connectivity index (χ3n) is 3.20. The molecule has 2 unspecified atom stereocenters. The largest absolute Gasteiger partial charge is 0.444 e. The van der Waals surface area contributed by atoms with Gasteiger partial charge in [0.2, 0.25) is 5.91 Å². The number of fused-ring (bicyclic) bond motifs is 1. The second kappa shape index (κ2) is 4.20. The number of ether oxygens (including phenoxy) is 1. The van der Waals surface area contributed by atoms with Crippen molar-refractivity contribution in [3.63, 3.8) is 0 Å². The van der Waals surface area contributed by atoms with Gasteiger partial charge in [0.15, 0.2) is 0 Å². The van der Waals surface area contributed by atoms with E-state index in [1.807, 2.05) is 20.8 Å². The minimum absolute atomic E-state index is 0.103. The molecule has 2 atom stereocenters. The van der Waals surface area contributed by atoms with Gasteiger partial charge in [-0.05, 0) is 33.1 Å². The van der Waals surface area contributed by atoms with Gasteiger partial charge in [-0.15, -0.1) is 0 Å². The van der Waals surface area contributed by atoms with Gasteiger partial charge < -0.3 is 15.0 Å². The molecule has 2 heterocycles. The molecule has 2 aliphatic rings. The second-order valence-electron chi connectivity index (χ2n) is 5.85. The van der Waals surface area contributed by atoms with Crippen molar-refractivity contribution >= 4 is 12.0 Å². The highest BCUT2D eigenvalue weighted by molar-refractivity contribution is 5.79. The first-order chi connectivity index (χ1) is 7.85. The Morgan fingerprint density at radius 2 is 2.18 bits per heavy atom. The fraction of sp³-hybridized carbons (Fsp3) is 0.833. The topological polar surface area (TPSA) is 58.6 Å². The third kappa shape index (κ3) is 2.90. The van der Waals surface area contributed by atoms with Crippen LogP contribution in [0.2, 0.25) is 0 Å². The number of carbonyl (C=O) groups is 2. The lowest BCUT2D eigenvalue weighted by Gasteiger charge is -2.35. The number of likely N-dealkylation sites (tertiary alicyclic amines) is 1. The summed E-state index contributed by atoms with van der Waals surface area (Å²) in [5, 5.41) is 2.92. The summed E-state index contributed by atoms with van der Waals surface area (Å²) < 4.78 is 5.33. The fourth-order valence-electron chi connectivity index (χ4n) is 2.40. The van der Waals surface area contributed by atoms with Crippen LogP contribution in [0.3, 0.4) is 0 Å². The Bertz CT molecular complexity index is 335. The predicted molar refractivity (Wildman–Crippen MR) is 62.5 cm³/mol. The lowest BCUT2D eigenvalue weighted by molar-refractivity contribution is -0.119. The molecular weight excluding hydrogens is 220 g/mol. The first-order valence-electron chi connectivity index (χ1n) is 6.12. The van der Waals surface area contributed by atoms with Crippen LogP contribution in [0.1, 0.15) is 33.6 Å². The highest BCUT2D eigenvalue weighted by Gasteiger charge is 2.39. The number of piperidine rings is 1. The van der Waals surface area contributed by atoms with Crippen LogP contribution in [0, 0.1) is 5.92 Å². The molecule has 2 fully saturated rings. The van der Waals surface area contributed by atoms with Crippen molar-refractivity contribution in [2.75, 3.05) is 13.1 Å². The van der Waals surface area contributed by atoms with E-state index in [0.29, 0.717) is 25.4 Å². The standard InChI is InChI=1S/C12H20N2O3/c1-12(2,3)17-11(16)14-5-4-8-6-10(15)13-9(8)7-14/h8-9H,4-7H2,1-3H3,(H,13,15). The van der Waals surface area contributed by atoms with Crippen LogP contribution < -0.4 is 5.32 Å². The van der Waals surface area contributed by atoms with Crippen molar-refractivity contribution in [3.8, 4) is 0 Å². The van der Waals surface area contributed by atoms with Gasteiger partial charge in [-0.25, -0.2) is 4.79 Å². The molecule has 0 aromatic carbocycles. The van der Waals surface area contributed by atoms with E-state index >= 15 is 0 Å². The number of carbonyl (C=O) groups excluding carboxylic acids is 2. The van der Waals surface area contributed by atoms with Crippen molar-refractivity contribution in [1.82, 2.24) is 10.2 Å². The van der Waals surface area contributed by atoms with Crippen LogP contribution in [0.25, 0.3) is 0 Å². The van der Waals surface area contributed by atoms with Gasteiger partial charge >= 0.3 is 6.09 Å². The molecule has 2 rings (SSSR count). The van der Waals surface area contributed by atoms with E-state index < -0.39 is 5.60 Å². The average Bonchev–Trinajstić information content (AvgIpc) is 2.53. The van der Waals surface area contributed by atoms with E-state index in [4.69, 9.17) is 4.74 Å². The van der Waals surface area contributed by atoms with Crippen molar-refractivity contribution in [3.05, 3.63) is 0 Å². The summed E-state index contributed by atoms with van der Waals surface area (Å²) in [5.74, 6) is 0.493. The molecule has 96 valence electrons. The van der Waals surface area contributed by atoms with Crippen molar-refractivity contribution in [2.45, 2.75) is 45.3 Å². The van der Waals surface area contributed by atoms with E-state index in [1.54, 1.807) is 4.90 Å². The molecule has 17 heavy (non-hydrogen) atoms. The Morgan fingerprint density at radius 1 is 1.47 bits per heavy atom. The Hall–Kier alpha value is -1.26. The Balaban J connectivity index is 1.92. The van der Waals surface area contributed by atoms with Crippen molar-refractivity contribution < 1.29 is 14.3 Å². The summed E-state index contributed by atoms with van der Waals surface area (Å²) in [6.07, 6.45) is 1.20. The second-order valence-corrected chi connectivity index (χ2v) is 5.85. The van der Waals surface area contributed by atoms with Gasteiger partial charge in [0.1, 0.15) is 5.60 Å². The zero-order valence-corrected chi connectivity index (χ0v) is 10.7. The first-order valence-corrected chi connectivity index (χ1v) is 6.12. The summed E-state index contributed by atoms with van der Waals surface area (Å²) in [6, 6.07) is 0.115. The van der Waals surface area contributed by atoms with Gasteiger partial charge in [0.25, 0.3) is 0 Å². The Labute approximate surface area is 101 Å². The number of nitrogens with one attached hydrogen (secondary N) is 1. The molecule has 0 spiro atoms. The summed E-state index contributed by atoms with van der Waals surface area (Å²) in [4.78, 5) is 24.8. The van der Waals surface area contributed by atoms with E-state index in [9.17, 15) is 9.59 Å². The highest BCUT2D eigenvalue weighted by Crippen LogP contribution is 2.26. The Morgan fingerprint density at radius 3 is 2.82 bits per heavy atom. The van der Waals surface area contributed by atoms with Crippen molar-refractivity contribution in [1.29, 1.82) is 0 Å². The summed E-state index contributed by atoms with van der Waals surface area (Å²) in [5.41, 5.74) is -0.465. The van der Waals surface area contributed by atoms with Crippen molar-refractivity contribution in [2.24, 2.45) is 5.92 Å². The maximum atomic E-state index is 11.9. The minimum atomic E-state index is -0.465. The molecular formula is C12H20N2O3. The molecule has 2 amide bonds. The molecule has 5 heteroatoms. The number of amides is 2. The average molecular weight is 240 g/mol. The molecule has 2 aliphatic heterocycles. The third-order valence-corrected chi connectivity index (χ3v) is 3.20. The van der Waals surface area contributed by atoms with Crippen LogP contribution in [0.5, 0.6) is 0 Å². The molecule has 5 nitrogen and oxygen atoms in total. The lowest BCUT2D eigenvalue weighted by Crippen LogP contribution is -2.50. The molecule has 0 aliphatic carbocycles. The molecule has 0 aromatic rings.